The summed E-state index contributed by atoms with van der Waals surface area (Å²) < 4.78 is 0. The van der Waals surface area contributed by atoms with Gasteiger partial charge in [-0.3, -0.25) is 4.79 Å². The summed E-state index contributed by atoms with van der Waals surface area (Å²) in [6.07, 6.45) is 4.07. The van der Waals surface area contributed by atoms with E-state index < -0.39 is 5.97 Å². The molecular formula is C11H19NO2. The highest BCUT2D eigenvalue weighted by Gasteiger charge is 2.35. The molecule has 2 unspecified atom stereocenters. The summed E-state index contributed by atoms with van der Waals surface area (Å²) in [5.41, 5.74) is 0. The maximum Gasteiger partial charge on any atom is 0.308 e. The molecule has 80 valence electrons. The van der Waals surface area contributed by atoms with Crippen LogP contribution in [0, 0.1) is 17.8 Å². The molecule has 0 radical (unpaired) electrons. The molecule has 0 aromatic carbocycles. The van der Waals surface area contributed by atoms with E-state index in [2.05, 4.69) is 11.8 Å². The molecule has 2 atom stereocenters. The molecule has 2 aliphatic rings. The monoisotopic (exact) mass is 197 g/mol. The van der Waals surface area contributed by atoms with E-state index in [0.717, 1.165) is 25.6 Å². The van der Waals surface area contributed by atoms with Crippen molar-refractivity contribution in [2.45, 2.75) is 26.2 Å². The fourth-order valence-electron chi connectivity index (χ4n) is 2.34. The van der Waals surface area contributed by atoms with E-state index in [4.69, 9.17) is 5.11 Å². The van der Waals surface area contributed by atoms with Crippen LogP contribution in [0.4, 0.5) is 0 Å². The van der Waals surface area contributed by atoms with Gasteiger partial charge < -0.3 is 10.0 Å². The van der Waals surface area contributed by atoms with Crippen molar-refractivity contribution >= 4 is 5.97 Å². The van der Waals surface area contributed by atoms with Gasteiger partial charge in [0.2, 0.25) is 0 Å². The van der Waals surface area contributed by atoms with Gasteiger partial charge in [-0.15, -0.1) is 0 Å². The van der Waals surface area contributed by atoms with Crippen molar-refractivity contribution < 1.29 is 9.90 Å². The second-order valence-electron chi connectivity index (χ2n) is 4.91. The average Bonchev–Trinajstić information content (AvgIpc) is 2.86. The van der Waals surface area contributed by atoms with Crippen LogP contribution < -0.4 is 0 Å². The second kappa shape index (κ2) is 3.89. The standard InChI is InChI=1S/C11H19NO2/c1-8-6-12(5-4-9-2-3-9)7-10(8)11(13)14/h8-10H,2-7H2,1H3,(H,13,14). The molecule has 14 heavy (non-hydrogen) atoms. The third-order valence-electron chi connectivity index (χ3n) is 3.56. The zero-order valence-corrected chi connectivity index (χ0v) is 8.78. The van der Waals surface area contributed by atoms with Crippen LogP contribution in [0.1, 0.15) is 26.2 Å². The van der Waals surface area contributed by atoms with Crippen LogP contribution in [0.25, 0.3) is 0 Å². The molecule has 1 aliphatic carbocycles. The third-order valence-corrected chi connectivity index (χ3v) is 3.56. The summed E-state index contributed by atoms with van der Waals surface area (Å²) in [6.45, 7) is 4.90. The molecule has 0 aromatic heterocycles. The lowest BCUT2D eigenvalue weighted by molar-refractivity contribution is -0.142. The van der Waals surface area contributed by atoms with Gasteiger partial charge in [0, 0.05) is 13.1 Å². The molecule has 0 amide bonds. The normalized spacial score (nSPS) is 33.5. The number of aliphatic carboxylic acids is 1. The fourth-order valence-corrected chi connectivity index (χ4v) is 2.34. The molecule has 1 heterocycles. The number of hydrogen-bond acceptors (Lipinski definition) is 2. The highest BCUT2D eigenvalue weighted by molar-refractivity contribution is 5.71. The molecule has 3 heteroatoms. The van der Waals surface area contributed by atoms with Gasteiger partial charge in [-0.1, -0.05) is 19.8 Å². The van der Waals surface area contributed by atoms with Crippen molar-refractivity contribution in [1.82, 2.24) is 4.90 Å². The van der Waals surface area contributed by atoms with Crippen LogP contribution in [0.2, 0.25) is 0 Å². The Morgan fingerprint density at radius 3 is 2.64 bits per heavy atom. The van der Waals surface area contributed by atoms with Gasteiger partial charge in [-0.2, -0.15) is 0 Å². The van der Waals surface area contributed by atoms with E-state index in [0.29, 0.717) is 5.92 Å². The fraction of sp³-hybridized carbons (Fsp3) is 0.909. The molecular weight excluding hydrogens is 178 g/mol. The molecule has 0 aromatic rings. The van der Waals surface area contributed by atoms with Crippen molar-refractivity contribution in [2.75, 3.05) is 19.6 Å². The smallest absolute Gasteiger partial charge is 0.308 e. The minimum absolute atomic E-state index is 0.130. The maximum atomic E-state index is 10.9. The molecule has 0 bridgehead atoms. The van der Waals surface area contributed by atoms with Gasteiger partial charge in [0.05, 0.1) is 5.92 Å². The Hall–Kier alpha value is -0.570. The topological polar surface area (TPSA) is 40.5 Å². The van der Waals surface area contributed by atoms with E-state index in [-0.39, 0.29) is 5.92 Å². The lowest BCUT2D eigenvalue weighted by Crippen LogP contribution is -2.24. The van der Waals surface area contributed by atoms with Crippen molar-refractivity contribution in [1.29, 1.82) is 0 Å². The summed E-state index contributed by atoms with van der Waals surface area (Å²) in [7, 11) is 0. The lowest BCUT2D eigenvalue weighted by atomic mass is 9.99. The molecule has 2 rings (SSSR count). The van der Waals surface area contributed by atoms with Gasteiger partial charge in [0.25, 0.3) is 0 Å². The predicted molar refractivity (Wildman–Crippen MR) is 54.1 cm³/mol. The first-order valence-electron chi connectivity index (χ1n) is 5.62. The molecule has 2 fully saturated rings. The summed E-state index contributed by atoms with van der Waals surface area (Å²) in [6, 6.07) is 0. The van der Waals surface area contributed by atoms with Gasteiger partial charge in [0.15, 0.2) is 0 Å². The molecule has 1 saturated carbocycles. The van der Waals surface area contributed by atoms with E-state index in [1.807, 2.05) is 0 Å². The predicted octanol–water partition coefficient (Wildman–Crippen LogP) is 1.44. The second-order valence-corrected chi connectivity index (χ2v) is 4.91. The number of nitrogens with zero attached hydrogens (tertiary/aromatic N) is 1. The summed E-state index contributed by atoms with van der Waals surface area (Å²) >= 11 is 0. The largest absolute Gasteiger partial charge is 0.481 e. The van der Waals surface area contributed by atoms with Crippen molar-refractivity contribution in [2.24, 2.45) is 17.8 Å². The number of hydrogen-bond donors (Lipinski definition) is 1. The van der Waals surface area contributed by atoms with E-state index in [9.17, 15) is 4.79 Å². The van der Waals surface area contributed by atoms with Gasteiger partial charge in [0.1, 0.15) is 0 Å². The molecule has 1 aliphatic heterocycles. The molecule has 0 spiro atoms. The highest BCUT2D eigenvalue weighted by atomic mass is 16.4. The first-order chi connectivity index (χ1) is 6.66. The van der Waals surface area contributed by atoms with Crippen LogP contribution in [0.3, 0.4) is 0 Å². The quantitative estimate of drug-likeness (QED) is 0.741. The van der Waals surface area contributed by atoms with Gasteiger partial charge >= 0.3 is 5.97 Å². The Kier molecular flexibility index (Phi) is 2.77. The van der Waals surface area contributed by atoms with E-state index in [1.54, 1.807) is 0 Å². The molecule has 1 saturated heterocycles. The maximum absolute atomic E-state index is 10.9. The highest BCUT2D eigenvalue weighted by Crippen LogP contribution is 2.33. The van der Waals surface area contributed by atoms with Crippen LogP contribution in [-0.4, -0.2) is 35.6 Å². The van der Waals surface area contributed by atoms with Crippen LogP contribution >= 0.6 is 0 Å². The number of carboxylic acids is 1. The Bertz CT molecular complexity index is 225. The van der Waals surface area contributed by atoms with E-state index >= 15 is 0 Å². The SMILES string of the molecule is CC1CN(CCC2CC2)CC1C(=O)O. The summed E-state index contributed by atoms with van der Waals surface area (Å²) in [5.74, 6) is 0.529. The Morgan fingerprint density at radius 1 is 1.43 bits per heavy atom. The minimum atomic E-state index is -0.619. The van der Waals surface area contributed by atoms with Crippen LogP contribution in [0.5, 0.6) is 0 Å². The number of carboxylic acid groups (broad SMARTS) is 1. The Labute approximate surface area is 85.1 Å². The lowest BCUT2D eigenvalue weighted by Gasteiger charge is -2.14. The first kappa shape index (κ1) is 9.97. The van der Waals surface area contributed by atoms with Crippen molar-refractivity contribution in [3.8, 4) is 0 Å². The number of likely N-dealkylation sites (tertiary alicyclic amines) is 1. The van der Waals surface area contributed by atoms with Crippen molar-refractivity contribution in [3.05, 3.63) is 0 Å². The van der Waals surface area contributed by atoms with Gasteiger partial charge in [-0.05, 0) is 24.8 Å². The van der Waals surface area contributed by atoms with Crippen LogP contribution in [0.15, 0.2) is 0 Å². The number of rotatable bonds is 4. The Morgan fingerprint density at radius 2 is 2.14 bits per heavy atom. The minimum Gasteiger partial charge on any atom is -0.481 e. The first-order valence-corrected chi connectivity index (χ1v) is 5.62. The zero-order valence-electron chi connectivity index (χ0n) is 8.78. The average molecular weight is 197 g/mol. The van der Waals surface area contributed by atoms with Crippen molar-refractivity contribution in [3.63, 3.8) is 0 Å². The van der Waals surface area contributed by atoms with Crippen LogP contribution in [-0.2, 0) is 4.79 Å². The zero-order chi connectivity index (χ0) is 10.1. The summed E-state index contributed by atoms with van der Waals surface area (Å²) in [5, 5.41) is 8.96. The molecule has 1 N–H and O–H groups in total. The van der Waals surface area contributed by atoms with Gasteiger partial charge in [-0.25, -0.2) is 0 Å². The van der Waals surface area contributed by atoms with E-state index in [1.165, 1.54) is 19.3 Å². The number of carbonyl (C=O) groups is 1. The third kappa shape index (κ3) is 2.27. The molecule has 3 nitrogen and oxygen atoms in total. The Balaban J connectivity index is 1.76. The summed E-state index contributed by atoms with van der Waals surface area (Å²) in [4.78, 5) is 13.2.